The Hall–Kier alpha value is -1.95. The SMILES string of the molecule is C[Si]1(C2([Si](c3ccccc3)(c3ccccc3)c3ccccc3)CO2)CCC1. The van der Waals surface area contributed by atoms with E-state index in [-0.39, 0.29) is 4.85 Å². The van der Waals surface area contributed by atoms with Crippen LogP contribution in [0.2, 0.25) is 18.6 Å². The highest BCUT2D eigenvalue weighted by Crippen LogP contribution is 2.53. The molecule has 1 nitrogen and oxygen atoms in total. The molecule has 0 saturated carbocycles. The molecule has 0 aliphatic carbocycles. The van der Waals surface area contributed by atoms with E-state index < -0.39 is 16.1 Å². The van der Waals surface area contributed by atoms with Gasteiger partial charge in [-0.15, -0.1) is 0 Å². The summed E-state index contributed by atoms with van der Waals surface area (Å²) in [4.78, 5) is 0.0856. The van der Waals surface area contributed by atoms with E-state index in [0.29, 0.717) is 0 Å². The van der Waals surface area contributed by atoms with E-state index in [2.05, 4.69) is 97.5 Å². The molecule has 2 aliphatic rings. The van der Waals surface area contributed by atoms with Crippen LogP contribution in [0, 0.1) is 0 Å². The van der Waals surface area contributed by atoms with Crippen molar-refractivity contribution in [1.29, 1.82) is 0 Å². The molecular formula is C24H26OSi2. The number of ether oxygens (including phenoxy) is 1. The molecule has 0 bridgehead atoms. The molecule has 0 N–H and O–H groups in total. The Kier molecular flexibility index (Phi) is 4.01. The maximum Gasteiger partial charge on any atom is 0.181 e. The van der Waals surface area contributed by atoms with E-state index in [0.717, 1.165) is 6.61 Å². The van der Waals surface area contributed by atoms with Crippen LogP contribution in [0.1, 0.15) is 6.42 Å². The minimum absolute atomic E-state index is 0.0856. The normalized spacial score (nSPS) is 23.4. The highest BCUT2D eigenvalue weighted by Gasteiger charge is 2.74. The van der Waals surface area contributed by atoms with Gasteiger partial charge in [-0.05, 0) is 15.6 Å². The fourth-order valence-corrected chi connectivity index (χ4v) is 19.1. The van der Waals surface area contributed by atoms with E-state index >= 15 is 0 Å². The third-order valence-electron chi connectivity index (χ3n) is 7.09. The van der Waals surface area contributed by atoms with E-state index in [1.165, 1.54) is 34.1 Å². The largest absolute Gasteiger partial charge is 0.376 e. The lowest BCUT2D eigenvalue weighted by Gasteiger charge is -2.51. The van der Waals surface area contributed by atoms with Crippen LogP contribution < -0.4 is 15.6 Å². The van der Waals surface area contributed by atoms with Gasteiger partial charge in [0.25, 0.3) is 0 Å². The van der Waals surface area contributed by atoms with Gasteiger partial charge in [0, 0.05) is 0 Å². The lowest BCUT2D eigenvalue weighted by Crippen LogP contribution is -2.83. The van der Waals surface area contributed by atoms with Crippen LogP contribution in [0.15, 0.2) is 91.0 Å². The van der Waals surface area contributed by atoms with Crippen molar-refractivity contribution in [1.82, 2.24) is 0 Å². The standard InChI is InChI=1S/C24H26OSi2/c1-26(18-11-19-26)24(20-25-24)27(21-12-5-2-6-13-21,22-14-7-3-8-15-22)23-16-9-4-10-17-23/h2-10,12-17H,11,18-20H2,1H3. The van der Waals surface area contributed by atoms with Gasteiger partial charge >= 0.3 is 0 Å². The zero-order valence-electron chi connectivity index (χ0n) is 15.9. The van der Waals surface area contributed by atoms with E-state index in [1.54, 1.807) is 0 Å². The third kappa shape index (κ3) is 2.32. The fourth-order valence-electron chi connectivity index (χ4n) is 5.46. The minimum Gasteiger partial charge on any atom is -0.376 e. The average Bonchev–Trinajstić information content (AvgIpc) is 3.52. The van der Waals surface area contributed by atoms with Crippen molar-refractivity contribution in [3.63, 3.8) is 0 Å². The molecule has 136 valence electrons. The molecular weight excluding hydrogens is 360 g/mol. The molecule has 2 fully saturated rings. The van der Waals surface area contributed by atoms with Gasteiger partial charge in [-0.25, -0.2) is 0 Å². The highest BCUT2D eigenvalue weighted by molar-refractivity contribution is 7.21. The Morgan fingerprint density at radius 2 is 1.07 bits per heavy atom. The molecule has 2 aliphatic heterocycles. The second-order valence-corrected chi connectivity index (χ2v) is 17.8. The zero-order chi connectivity index (χ0) is 18.4. The molecule has 27 heavy (non-hydrogen) atoms. The maximum atomic E-state index is 6.66. The van der Waals surface area contributed by atoms with Crippen LogP contribution in [0.5, 0.6) is 0 Å². The summed E-state index contributed by atoms with van der Waals surface area (Å²) in [6.07, 6.45) is 1.39. The summed E-state index contributed by atoms with van der Waals surface area (Å²) in [5, 5.41) is 4.50. The molecule has 3 aromatic rings. The monoisotopic (exact) mass is 386 g/mol. The predicted octanol–water partition coefficient (Wildman–Crippen LogP) is 3.49. The van der Waals surface area contributed by atoms with Crippen molar-refractivity contribution >= 4 is 31.7 Å². The highest BCUT2D eigenvalue weighted by atomic mass is 28.4. The summed E-state index contributed by atoms with van der Waals surface area (Å²) >= 11 is 0. The summed E-state index contributed by atoms with van der Waals surface area (Å²) < 4.78 is 6.66. The van der Waals surface area contributed by atoms with Gasteiger partial charge in [-0.3, -0.25) is 0 Å². The summed E-state index contributed by atoms with van der Waals surface area (Å²) in [7, 11) is -3.76. The van der Waals surface area contributed by atoms with E-state index in [1.807, 2.05) is 0 Å². The molecule has 3 aromatic carbocycles. The van der Waals surface area contributed by atoms with Gasteiger partial charge in [0.2, 0.25) is 0 Å². The number of hydrogen-bond acceptors (Lipinski definition) is 1. The number of benzene rings is 3. The van der Waals surface area contributed by atoms with Crippen molar-refractivity contribution in [2.45, 2.75) is 29.9 Å². The molecule has 0 amide bonds. The first-order chi connectivity index (χ1) is 13.2. The van der Waals surface area contributed by atoms with Crippen LogP contribution in [0.25, 0.3) is 0 Å². The summed E-state index contributed by atoms with van der Waals surface area (Å²) in [5.74, 6) is 0. The van der Waals surface area contributed by atoms with Crippen LogP contribution >= 0.6 is 0 Å². The van der Waals surface area contributed by atoms with Crippen molar-refractivity contribution in [2.24, 2.45) is 0 Å². The molecule has 1 unspecified atom stereocenters. The first-order valence-electron chi connectivity index (χ1n) is 10.0. The van der Waals surface area contributed by atoms with Crippen molar-refractivity contribution in [3.8, 4) is 0 Å². The Balaban J connectivity index is 1.87. The first-order valence-corrected chi connectivity index (χ1v) is 14.9. The second-order valence-electron chi connectivity index (χ2n) is 8.38. The quantitative estimate of drug-likeness (QED) is 0.371. The van der Waals surface area contributed by atoms with Crippen molar-refractivity contribution < 1.29 is 4.74 Å². The van der Waals surface area contributed by atoms with Gasteiger partial charge in [0.05, 0.1) is 19.5 Å². The van der Waals surface area contributed by atoms with Crippen LogP contribution in [-0.2, 0) is 4.74 Å². The Morgan fingerprint density at radius 3 is 1.33 bits per heavy atom. The first kappa shape index (κ1) is 17.2. The van der Waals surface area contributed by atoms with Crippen molar-refractivity contribution in [2.75, 3.05) is 6.61 Å². The molecule has 3 heteroatoms. The van der Waals surface area contributed by atoms with Crippen LogP contribution in [0.4, 0.5) is 0 Å². The average molecular weight is 387 g/mol. The van der Waals surface area contributed by atoms with Crippen LogP contribution in [-0.4, -0.2) is 27.6 Å². The second kappa shape index (κ2) is 6.30. The van der Waals surface area contributed by atoms with Gasteiger partial charge < -0.3 is 4.74 Å². The summed E-state index contributed by atoms with van der Waals surface area (Å²) in [6, 6.07) is 36.7. The number of epoxide rings is 1. The number of rotatable bonds is 5. The zero-order valence-corrected chi connectivity index (χ0v) is 17.9. The molecule has 0 spiro atoms. The molecule has 0 aromatic heterocycles. The summed E-state index contributed by atoms with van der Waals surface area (Å²) in [6.45, 7) is 3.56. The molecule has 5 rings (SSSR count). The summed E-state index contributed by atoms with van der Waals surface area (Å²) in [5.41, 5.74) is 0. The van der Waals surface area contributed by atoms with Crippen molar-refractivity contribution in [3.05, 3.63) is 91.0 Å². The number of hydrogen-bond donors (Lipinski definition) is 0. The van der Waals surface area contributed by atoms with Crippen LogP contribution in [0.3, 0.4) is 0 Å². The van der Waals surface area contributed by atoms with Gasteiger partial charge in [0.1, 0.15) is 0 Å². The Labute approximate surface area is 164 Å². The third-order valence-corrected chi connectivity index (χ3v) is 20.3. The molecule has 2 heterocycles. The van der Waals surface area contributed by atoms with Gasteiger partial charge in [-0.1, -0.05) is 116 Å². The van der Waals surface area contributed by atoms with E-state index in [9.17, 15) is 0 Å². The fraction of sp³-hybridized carbons (Fsp3) is 0.250. The minimum atomic E-state index is -2.31. The molecule has 0 radical (unpaired) electrons. The van der Waals surface area contributed by atoms with E-state index in [4.69, 9.17) is 4.74 Å². The lowest BCUT2D eigenvalue weighted by molar-refractivity contribution is 0.417. The van der Waals surface area contributed by atoms with Gasteiger partial charge in [0.15, 0.2) is 8.07 Å². The maximum absolute atomic E-state index is 6.66. The topological polar surface area (TPSA) is 12.5 Å². The lowest BCUT2D eigenvalue weighted by atomic mass is 10.3. The Bertz CT molecular complexity index is 820. The predicted molar refractivity (Wildman–Crippen MR) is 119 cm³/mol. The molecule has 1 atom stereocenters. The Morgan fingerprint density at radius 1 is 0.704 bits per heavy atom. The smallest absolute Gasteiger partial charge is 0.181 e. The van der Waals surface area contributed by atoms with Gasteiger partial charge in [-0.2, -0.15) is 0 Å². The molecule has 2 saturated heterocycles.